The Morgan fingerprint density at radius 3 is 2.59 bits per heavy atom. The van der Waals surface area contributed by atoms with Crippen LogP contribution in [0.2, 0.25) is 0 Å². The van der Waals surface area contributed by atoms with Crippen LogP contribution in [0.15, 0.2) is 48.5 Å². The molecule has 0 bridgehead atoms. The van der Waals surface area contributed by atoms with Gasteiger partial charge in [-0.05, 0) is 23.8 Å². The second-order valence-corrected chi connectivity index (χ2v) is 4.42. The van der Waals surface area contributed by atoms with Crippen molar-refractivity contribution in [3.05, 3.63) is 59.7 Å². The van der Waals surface area contributed by atoms with E-state index >= 15 is 0 Å². The third-order valence-electron chi connectivity index (χ3n) is 2.74. The fourth-order valence-electron chi connectivity index (χ4n) is 1.64. The van der Waals surface area contributed by atoms with Crippen molar-refractivity contribution in [2.75, 3.05) is 6.54 Å². The third kappa shape index (κ3) is 4.76. The van der Waals surface area contributed by atoms with Gasteiger partial charge in [0.15, 0.2) is 11.5 Å². The molecular weight excluding hydrogens is 282 g/mol. The van der Waals surface area contributed by atoms with E-state index in [0.29, 0.717) is 5.56 Å². The SMILES string of the molecule is O=C(NCC#Cc1ccc(O)c(O)c1)OCc1ccccc1. The molecular formula is C17H15NO4. The summed E-state index contributed by atoms with van der Waals surface area (Å²) in [5.41, 5.74) is 1.44. The zero-order valence-corrected chi connectivity index (χ0v) is 11.7. The Labute approximate surface area is 128 Å². The average molecular weight is 297 g/mol. The molecule has 112 valence electrons. The maximum atomic E-state index is 11.5. The Hall–Kier alpha value is -3.13. The lowest BCUT2D eigenvalue weighted by atomic mass is 10.2. The van der Waals surface area contributed by atoms with Gasteiger partial charge in [0.2, 0.25) is 0 Å². The average Bonchev–Trinajstić information content (AvgIpc) is 2.54. The number of rotatable bonds is 3. The van der Waals surface area contributed by atoms with Gasteiger partial charge in [0, 0.05) is 5.56 Å². The first-order valence-corrected chi connectivity index (χ1v) is 6.60. The van der Waals surface area contributed by atoms with Crippen molar-refractivity contribution in [2.45, 2.75) is 6.61 Å². The van der Waals surface area contributed by atoms with Gasteiger partial charge in [-0.1, -0.05) is 42.2 Å². The summed E-state index contributed by atoms with van der Waals surface area (Å²) in [6.07, 6.45) is -0.549. The highest BCUT2D eigenvalue weighted by molar-refractivity contribution is 5.67. The highest BCUT2D eigenvalue weighted by atomic mass is 16.5. The first kappa shape index (κ1) is 15.3. The largest absolute Gasteiger partial charge is 0.504 e. The minimum absolute atomic E-state index is 0.120. The van der Waals surface area contributed by atoms with E-state index in [9.17, 15) is 9.90 Å². The van der Waals surface area contributed by atoms with Crippen molar-refractivity contribution in [3.8, 4) is 23.3 Å². The van der Waals surface area contributed by atoms with Crippen LogP contribution in [0.25, 0.3) is 0 Å². The van der Waals surface area contributed by atoms with E-state index in [4.69, 9.17) is 9.84 Å². The van der Waals surface area contributed by atoms with Crippen LogP contribution in [0.3, 0.4) is 0 Å². The number of carbonyl (C=O) groups is 1. The molecule has 0 fully saturated rings. The number of phenolic OH excluding ortho intramolecular Hbond substituents is 2. The molecule has 5 nitrogen and oxygen atoms in total. The Morgan fingerprint density at radius 1 is 1.09 bits per heavy atom. The minimum atomic E-state index is -0.549. The number of hydrogen-bond acceptors (Lipinski definition) is 4. The van der Waals surface area contributed by atoms with E-state index in [1.165, 1.54) is 12.1 Å². The van der Waals surface area contributed by atoms with E-state index < -0.39 is 6.09 Å². The normalized spacial score (nSPS) is 9.45. The number of carbonyl (C=O) groups excluding carboxylic acids is 1. The highest BCUT2D eigenvalue weighted by Gasteiger charge is 2.00. The van der Waals surface area contributed by atoms with Gasteiger partial charge in [0.1, 0.15) is 6.61 Å². The fourth-order valence-corrected chi connectivity index (χ4v) is 1.64. The molecule has 22 heavy (non-hydrogen) atoms. The maximum absolute atomic E-state index is 11.5. The molecule has 2 aromatic rings. The van der Waals surface area contributed by atoms with Crippen LogP contribution < -0.4 is 5.32 Å². The highest BCUT2D eigenvalue weighted by Crippen LogP contribution is 2.24. The smallest absolute Gasteiger partial charge is 0.408 e. The molecule has 0 atom stereocenters. The first-order chi connectivity index (χ1) is 10.6. The molecule has 0 spiro atoms. The zero-order chi connectivity index (χ0) is 15.8. The van der Waals surface area contributed by atoms with Gasteiger partial charge in [0.05, 0.1) is 6.54 Å². The van der Waals surface area contributed by atoms with Crippen molar-refractivity contribution in [1.82, 2.24) is 5.32 Å². The summed E-state index contributed by atoms with van der Waals surface area (Å²) < 4.78 is 5.02. The van der Waals surface area contributed by atoms with Gasteiger partial charge in [-0.25, -0.2) is 4.79 Å². The molecule has 5 heteroatoms. The van der Waals surface area contributed by atoms with Crippen LogP contribution in [0.4, 0.5) is 4.79 Å². The summed E-state index contributed by atoms with van der Waals surface area (Å²) in [7, 11) is 0. The van der Waals surface area contributed by atoms with Gasteiger partial charge in [0.25, 0.3) is 0 Å². The summed E-state index contributed by atoms with van der Waals surface area (Å²) in [6, 6.07) is 13.6. The summed E-state index contributed by atoms with van der Waals surface area (Å²) in [5, 5.41) is 21.0. The van der Waals surface area contributed by atoms with Crippen molar-refractivity contribution in [1.29, 1.82) is 0 Å². The molecule has 0 saturated carbocycles. The van der Waals surface area contributed by atoms with Gasteiger partial charge in [-0.2, -0.15) is 0 Å². The molecule has 2 aromatic carbocycles. The number of ether oxygens (including phenoxy) is 1. The van der Waals surface area contributed by atoms with E-state index in [-0.39, 0.29) is 24.7 Å². The van der Waals surface area contributed by atoms with Crippen LogP contribution in [0.5, 0.6) is 11.5 Å². The van der Waals surface area contributed by atoms with Gasteiger partial charge in [-0.3, -0.25) is 0 Å². The molecule has 0 aliphatic rings. The van der Waals surface area contributed by atoms with Crippen molar-refractivity contribution in [2.24, 2.45) is 0 Å². The topological polar surface area (TPSA) is 78.8 Å². The van der Waals surface area contributed by atoms with Gasteiger partial charge < -0.3 is 20.3 Å². The predicted molar refractivity (Wildman–Crippen MR) is 81.3 cm³/mol. The van der Waals surface area contributed by atoms with Crippen molar-refractivity contribution >= 4 is 6.09 Å². The number of amides is 1. The molecule has 0 aromatic heterocycles. The lowest BCUT2D eigenvalue weighted by Crippen LogP contribution is -2.24. The van der Waals surface area contributed by atoms with Crippen molar-refractivity contribution in [3.63, 3.8) is 0 Å². The van der Waals surface area contributed by atoms with Crippen LogP contribution in [0, 0.1) is 11.8 Å². The van der Waals surface area contributed by atoms with Crippen LogP contribution in [0.1, 0.15) is 11.1 Å². The standard InChI is InChI=1S/C17H15NO4/c19-15-9-8-13(11-16(15)20)7-4-10-18-17(21)22-12-14-5-2-1-3-6-14/h1-3,5-6,8-9,11,19-20H,10,12H2,(H,18,21). The van der Waals surface area contributed by atoms with Gasteiger partial charge in [-0.15, -0.1) is 0 Å². The molecule has 3 N–H and O–H groups in total. The summed E-state index contributed by atoms with van der Waals surface area (Å²) in [6.45, 7) is 0.321. The lowest BCUT2D eigenvalue weighted by molar-refractivity contribution is 0.141. The van der Waals surface area contributed by atoms with Crippen molar-refractivity contribution < 1.29 is 19.7 Å². The number of hydrogen-bond donors (Lipinski definition) is 3. The van der Waals surface area contributed by atoms with E-state index in [2.05, 4.69) is 17.2 Å². The number of alkyl carbamates (subject to hydrolysis) is 1. The Balaban J connectivity index is 1.75. The molecule has 2 rings (SSSR count). The summed E-state index contributed by atoms with van der Waals surface area (Å²) >= 11 is 0. The van der Waals surface area contributed by atoms with E-state index in [0.717, 1.165) is 5.56 Å². The zero-order valence-electron chi connectivity index (χ0n) is 11.7. The Kier molecular flexibility index (Phi) is 5.27. The molecule has 0 aliphatic carbocycles. The van der Waals surface area contributed by atoms with Gasteiger partial charge >= 0.3 is 6.09 Å². The predicted octanol–water partition coefficient (Wildman–Crippen LogP) is 2.38. The van der Waals surface area contributed by atoms with Crippen LogP contribution in [-0.4, -0.2) is 22.9 Å². The monoisotopic (exact) mass is 297 g/mol. The van der Waals surface area contributed by atoms with Crippen LogP contribution >= 0.6 is 0 Å². The number of phenols is 2. The molecule has 0 aliphatic heterocycles. The molecule has 0 radical (unpaired) electrons. The second-order valence-electron chi connectivity index (χ2n) is 4.42. The lowest BCUT2D eigenvalue weighted by Gasteiger charge is -2.04. The van der Waals surface area contributed by atoms with E-state index in [1.807, 2.05) is 30.3 Å². The fraction of sp³-hybridized carbons (Fsp3) is 0.118. The summed E-state index contributed by atoms with van der Waals surface area (Å²) in [4.78, 5) is 11.5. The molecule has 1 amide bonds. The number of aromatic hydroxyl groups is 2. The number of nitrogens with one attached hydrogen (secondary N) is 1. The second kappa shape index (κ2) is 7.60. The van der Waals surface area contributed by atoms with E-state index in [1.54, 1.807) is 6.07 Å². The quantitative estimate of drug-likeness (QED) is 0.600. The van der Waals surface area contributed by atoms with Crippen LogP contribution in [-0.2, 0) is 11.3 Å². The Bertz CT molecular complexity index is 702. The number of benzene rings is 2. The minimum Gasteiger partial charge on any atom is -0.504 e. The maximum Gasteiger partial charge on any atom is 0.408 e. The first-order valence-electron chi connectivity index (χ1n) is 6.60. The Morgan fingerprint density at radius 2 is 1.86 bits per heavy atom. The summed E-state index contributed by atoms with van der Waals surface area (Å²) in [5.74, 6) is 5.04. The molecule has 0 heterocycles. The molecule has 0 unspecified atom stereocenters. The third-order valence-corrected chi connectivity index (χ3v) is 2.74. The molecule has 0 saturated heterocycles.